The van der Waals surface area contributed by atoms with Gasteiger partial charge in [0.15, 0.2) is 0 Å². The van der Waals surface area contributed by atoms with Crippen LogP contribution in [0.3, 0.4) is 0 Å². The molecule has 9 heteroatoms. The molecule has 0 aromatic heterocycles. The molecule has 1 saturated heterocycles. The first-order valence-electron chi connectivity index (χ1n) is 6.58. The van der Waals surface area contributed by atoms with Gasteiger partial charge < -0.3 is 16.2 Å². The van der Waals surface area contributed by atoms with E-state index in [1.54, 1.807) is 0 Å². The molecule has 1 aliphatic heterocycles. The Morgan fingerprint density at radius 3 is 2.64 bits per heavy atom. The third-order valence-corrected chi connectivity index (χ3v) is 5.52. The summed E-state index contributed by atoms with van der Waals surface area (Å²) in [6.45, 7) is 1.29. The van der Waals surface area contributed by atoms with Gasteiger partial charge in [-0.3, -0.25) is 4.79 Å². The average molecular weight is 350 g/mol. The monoisotopic (exact) mass is 349 g/mol. The molecule has 4 N–H and O–H groups in total. The molecule has 1 heterocycles. The van der Waals surface area contributed by atoms with Crippen LogP contribution in [0.25, 0.3) is 0 Å². The molecule has 0 aliphatic carbocycles. The van der Waals surface area contributed by atoms with Gasteiger partial charge in [-0.2, -0.15) is 4.31 Å². The van der Waals surface area contributed by atoms with E-state index in [1.165, 1.54) is 29.6 Å². The fraction of sp³-hybridized carbons (Fsp3) is 0.462. The number of carbonyl (C=O) groups is 1. The molecule has 0 saturated carbocycles. The number of hydrogen-bond donors (Lipinski definition) is 2. The van der Waals surface area contributed by atoms with Gasteiger partial charge in [-0.1, -0.05) is 0 Å². The van der Waals surface area contributed by atoms with Crippen LogP contribution >= 0.6 is 12.4 Å². The number of benzene rings is 1. The van der Waals surface area contributed by atoms with Gasteiger partial charge in [-0.25, -0.2) is 8.42 Å². The smallest absolute Gasteiger partial charge is 0.252 e. The predicted molar refractivity (Wildman–Crippen MR) is 84.7 cm³/mol. The third kappa shape index (κ3) is 3.52. The van der Waals surface area contributed by atoms with Crippen molar-refractivity contribution in [2.45, 2.75) is 11.3 Å². The Morgan fingerprint density at radius 1 is 1.45 bits per heavy atom. The minimum Gasteiger partial charge on any atom is -0.496 e. The quantitative estimate of drug-likeness (QED) is 0.787. The molecule has 22 heavy (non-hydrogen) atoms. The third-order valence-electron chi connectivity index (χ3n) is 3.66. The molecule has 1 aromatic rings. The first-order chi connectivity index (χ1) is 9.90. The maximum Gasteiger partial charge on any atom is 0.252 e. The van der Waals surface area contributed by atoms with Crippen LogP contribution in [-0.2, 0) is 10.0 Å². The lowest BCUT2D eigenvalue weighted by Gasteiger charge is -2.17. The molecule has 1 aromatic carbocycles. The van der Waals surface area contributed by atoms with Crippen LogP contribution in [0.1, 0.15) is 16.8 Å². The van der Waals surface area contributed by atoms with Crippen molar-refractivity contribution < 1.29 is 17.9 Å². The Balaban J connectivity index is 0.00000242. The average Bonchev–Trinajstić information content (AvgIpc) is 2.96. The number of primary amides is 1. The van der Waals surface area contributed by atoms with Gasteiger partial charge in [0, 0.05) is 13.1 Å². The Hall–Kier alpha value is -1.35. The number of hydrogen-bond acceptors (Lipinski definition) is 5. The zero-order chi connectivity index (χ0) is 15.6. The number of carbonyl (C=O) groups excluding carboxylic acids is 1. The lowest BCUT2D eigenvalue weighted by Crippen LogP contribution is -2.30. The van der Waals surface area contributed by atoms with Crippen LogP contribution in [-0.4, -0.2) is 45.4 Å². The molecular weight excluding hydrogens is 330 g/mol. The van der Waals surface area contributed by atoms with Crippen molar-refractivity contribution in [1.82, 2.24) is 4.31 Å². The Labute approximate surface area is 136 Å². The SMILES string of the molecule is COc1ccc(S(=O)(=O)N2CCC(CN)C2)cc1C(N)=O.Cl. The normalized spacial score (nSPS) is 18.7. The second kappa shape index (κ2) is 7.28. The van der Waals surface area contributed by atoms with E-state index in [-0.39, 0.29) is 34.5 Å². The summed E-state index contributed by atoms with van der Waals surface area (Å²) in [6.07, 6.45) is 0.745. The van der Waals surface area contributed by atoms with Crippen LogP contribution < -0.4 is 16.2 Å². The van der Waals surface area contributed by atoms with E-state index in [4.69, 9.17) is 16.2 Å². The number of ether oxygens (including phenoxy) is 1. The number of nitrogens with zero attached hydrogens (tertiary/aromatic N) is 1. The number of methoxy groups -OCH3 is 1. The maximum atomic E-state index is 12.6. The number of nitrogens with two attached hydrogens (primary N) is 2. The summed E-state index contributed by atoms with van der Waals surface area (Å²) < 4.78 is 31.5. The van der Waals surface area contributed by atoms with E-state index in [0.717, 1.165) is 6.42 Å². The van der Waals surface area contributed by atoms with Crippen LogP contribution in [0, 0.1) is 5.92 Å². The van der Waals surface area contributed by atoms with E-state index in [2.05, 4.69) is 0 Å². The summed E-state index contributed by atoms with van der Waals surface area (Å²) in [6, 6.07) is 4.10. The van der Waals surface area contributed by atoms with Gasteiger partial charge in [0.2, 0.25) is 10.0 Å². The molecule has 2 rings (SSSR count). The summed E-state index contributed by atoms with van der Waals surface area (Å²) in [4.78, 5) is 11.4. The van der Waals surface area contributed by atoms with E-state index in [0.29, 0.717) is 19.6 Å². The fourth-order valence-electron chi connectivity index (χ4n) is 2.40. The summed E-state index contributed by atoms with van der Waals surface area (Å²) in [5.74, 6) is -0.304. The maximum absolute atomic E-state index is 12.6. The van der Waals surface area contributed by atoms with Gasteiger partial charge in [0.05, 0.1) is 17.6 Å². The molecule has 1 amide bonds. The first-order valence-corrected chi connectivity index (χ1v) is 8.02. The van der Waals surface area contributed by atoms with Gasteiger partial charge in [-0.05, 0) is 37.1 Å². The molecular formula is C13H20ClN3O4S. The zero-order valence-electron chi connectivity index (χ0n) is 12.2. The summed E-state index contributed by atoms with van der Waals surface area (Å²) in [7, 11) is -2.26. The van der Waals surface area contributed by atoms with E-state index >= 15 is 0 Å². The fourth-order valence-corrected chi connectivity index (χ4v) is 3.95. The van der Waals surface area contributed by atoms with Crippen molar-refractivity contribution in [3.05, 3.63) is 23.8 Å². The van der Waals surface area contributed by atoms with Crippen molar-refractivity contribution in [1.29, 1.82) is 0 Å². The second-order valence-corrected chi connectivity index (χ2v) is 6.92. The minimum absolute atomic E-state index is 0. The highest BCUT2D eigenvalue weighted by Gasteiger charge is 2.32. The van der Waals surface area contributed by atoms with Crippen LogP contribution in [0.15, 0.2) is 23.1 Å². The Morgan fingerprint density at radius 2 is 2.14 bits per heavy atom. The lowest BCUT2D eigenvalue weighted by atomic mass is 10.1. The Kier molecular flexibility index (Phi) is 6.18. The molecule has 0 bridgehead atoms. The molecule has 1 unspecified atom stereocenters. The van der Waals surface area contributed by atoms with Crippen LogP contribution in [0.4, 0.5) is 0 Å². The van der Waals surface area contributed by atoms with E-state index in [1.807, 2.05) is 0 Å². The minimum atomic E-state index is -3.65. The van der Waals surface area contributed by atoms with Crippen molar-refractivity contribution in [3.63, 3.8) is 0 Å². The van der Waals surface area contributed by atoms with Crippen molar-refractivity contribution in [3.8, 4) is 5.75 Å². The zero-order valence-corrected chi connectivity index (χ0v) is 13.8. The van der Waals surface area contributed by atoms with Gasteiger partial charge in [0.1, 0.15) is 5.75 Å². The summed E-state index contributed by atoms with van der Waals surface area (Å²) in [5.41, 5.74) is 10.9. The van der Waals surface area contributed by atoms with E-state index in [9.17, 15) is 13.2 Å². The van der Waals surface area contributed by atoms with Gasteiger partial charge in [-0.15, -0.1) is 12.4 Å². The van der Waals surface area contributed by atoms with E-state index < -0.39 is 15.9 Å². The van der Waals surface area contributed by atoms with Crippen molar-refractivity contribution in [2.24, 2.45) is 17.4 Å². The Bertz CT molecular complexity index is 651. The number of rotatable bonds is 5. The molecule has 7 nitrogen and oxygen atoms in total. The van der Waals surface area contributed by atoms with Crippen LogP contribution in [0.2, 0.25) is 0 Å². The molecule has 1 fully saturated rings. The lowest BCUT2D eigenvalue weighted by molar-refractivity contribution is 0.0997. The van der Waals surface area contributed by atoms with Crippen molar-refractivity contribution in [2.75, 3.05) is 26.7 Å². The number of halogens is 1. The molecule has 1 atom stereocenters. The molecule has 124 valence electrons. The highest BCUT2D eigenvalue weighted by molar-refractivity contribution is 7.89. The topological polar surface area (TPSA) is 116 Å². The van der Waals surface area contributed by atoms with Gasteiger partial charge >= 0.3 is 0 Å². The largest absolute Gasteiger partial charge is 0.496 e. The molecule has 1 aliphatic rings. The first kappa shape index (κ1) is 18.7. The van der Waals surface area contributed by atoms with Crippen molar-refractivity contribution >= 4 is 28.3 Å². The predicted octanol–water partition coefficient (Wildman–Crippen LogP) is 0.185. The second-order valence-electron chi connectivity index (χ2n) is 4.98. The van der Waals surface area contributed by atoms with Crippen LogP contribution in [0.5, 0.6) is 5.75 Å². The number of amides is 1. The standard InChI is InChI=1S/C13H19N3O4S.ClH/c1-20-12-3-2-10(6-11(12)13(15)17)21(18,19)16-5-4-9(7-14)8-16;/h2-3,6,9H,4-5,7-8,14H2,1H3,(H2,15,17);1H. The molecule has 0 spiro atoms. The summed E-state index contributed by atoms with van der Waals surface area (Å²) >= 11 is 0. The van der Waals surface area contributed by atoms with Gasteiger partial charge in [0.25, 0.3) is 5.91 Å². The number of sulfonamides is 1. The molecule has 0 radical (unpaired) electrons. The highest BCUT2D eigenvalue weighted by Crippen LogP contribution is 2.27. The summed E-state index contributed by atoms with van der Waals surface area (Å²) in [5, 5.41) is 0. The highest BCUT2D eigenvalue weighted by atomic mass is 35.5.